The lowest BCUT2D eigenvalue weighted by molar-refractivity contribution is -0.145. The third-order valence-corrected chi connectivity index (χ3v) is 3.43. The topological polar surface area (TPSA) is 66.6 Å². The van der Waals surface area contributed by atoms with Crippen LogP contribution in [0.4, 0.5) is 4.39 Å². The summed E-state index contributed by atoms with van der Waals surface area (Å²) in [6.45, 7) is 3.15. The molecule has 0 radical (unpaired) electrons. The molecule has 21 heavy (non-hydrogen) atoms. The fourth-order valence-corrected chi connectivity index (χ4v) is 2.35. The number of hydrogen-bond donors (Lipinski definition) is 1. The number of nitrogens with zero attached hydrogens (tertiary/aromatic N) is 2. The van der Waals surface area contributed by atoms with Gasteiger partial charge in [0.15, 0.2) is 0 Å². The van der Waals surface area contributed by atoms with Gasteiger partial charge in [0.1, 0.15) is 5.82 Å². The van der Waals surface area contributed by atoms with Crippen molar-refractivity contribution in [2.24, 2.45) is 5.73 Å². The number of carbonyl (C=O) groups excluding carboxylic acids is 2. The molecule has 1 fully saturated rings. The van der Waals surface area contributed by atoms with Crippen LogP contribution in [0.2, 0.25) is 0 Å². The predicted octanol–water partition coefficient (Wildman–Crippen LogP) is 0.734. The molecule has 1 aromatic carbocycles. The lowest BCUT2D eigenvalue weighted by Crippen LogP contribution is -2.52. The van der Waals surface area contributed by atoms with Gasteiger partial charge in [0.25, 0.3) is 0 Å². The van der Waals surface area contributed by atoms with E-state index in [1.807, 2.05) is 0 Å². The van der Waals surface area contributed by atoms with Crippen LogP contribution < -0.4 is 5.73 Å². The Bertz CT molecular complexity index is 533. The summed E-state index contributed by atoms with van der Waals surface area (Å²) >= 11 is 0. The summed E-state index contributed by atoms with van der Waals surface area (Å²) in [5, 5.41) is 0. The van der Waals surface area contributed by atoms with Crippen LogP contribution in [0.15, 0.2) is 24.3 Å². The molecule has 2 rings (SSSR count). The second-order valence-electron chi connectivity index (χ2n) is 5.44. The van der Waals surface area contributed by atoms with Crippen molar-refractivity contribution in [3.05, 3.63) is 35.6 Å². The Balaban J connectivity index is 1.92. The van der Waals surface area contributed by atoms with Crippen LogP contribution in [0.25, 0.3) is 0 Å². The van der Waals surface area contributed by atoms with Crippen LogP contribution in [0.5, 0.6) is 0 Å². The number of carbonyl (C=O) groups is 2. The normalized spacial score (nSPS) is 17.0. The number of halogens is 1. The minimum absolute atomic E-state index is 0.0703. The average Bonchev–Trinajstić information content (AvgIpc) is 2.40. The summed E-state index contributed by atoms with van der Waals surface area (Å²) in [7, 11) is 0. The number of piperazine rings is 1. The molecule has 0 aromatic heterocycles. The smallest absolute Gasteiger partial charge is 0.242 e. The average molecular weight is 293 g/mol. The van der Waals surface area contributed by atoms with E-state index in [1.54, 1.807) is 24.0 Å². The van der Waals surface area contributed by atoms with Gasteiger partial charge in [-0.25, -0.2) is 4.39 Å². The summed E-state index contributed by atoms with van der Waals surface area (Å²) < 4.78 is 13.1. The monoisotopic (exact) mass is 293 g/mol. The molecular weight excluding hydrogens is 273 g/mol. The molecule has 1 unspecified atom stereocenters. The highest BCUT2D eigenvalue weighted by molar-refractivity contribution is 5.86. The summed E-state index contributed by atoms with van der Waals surface area (Å²) in [6, 6.07) is 5.98. The van der Waals surface area contributed by atoms with Crippen molar-refractivity contribution in [3.63, 3.8) is 0 Å². The molecule has 1 aliphatic rings. The zero-order valence-electron chi connectivity index (χ0n) is 12.1. The number of amides is 2. The maximum atomic E-state index is 13.1. The molecule has 0 saturated carbocycles. The number of benzene rings is 1. The van der Waals surface area contributed by atoms with Crippen molar-refractivity contribution in [3.8, 4) is 0 Å². The predicted molar refractivity (Wildman–Crippen MR) is 76.7 cm³/mol. The number of rotatable bonds is 4. The first-order valence-corrected chi connectivity index (χ1v) is 7.01. The Labute approximate surface area is 123 Å². The standard InChI is InChI=1S/C15H20FN3O2/c1-11(17)7-14(20)19-6-5-18(15(21)10-19)9-12-3-2-4-13(16)8-12/h2-4,8,11H,5-7,9-10,17H2,1H3. The SMILES string of the molecule is CC(N)CC(=O)N1CCN(Cc2cccc(F)c2)C(=O)C1. The van der Waals surface area contributed by atoms with Crippen molar-refractivity contribution in [2.45, 2.75) is 25.9 Å². The summed E-state index contributed by atoms with van der Waals surface area (Å²) in [5.41, 5.74) is 6.35. The molecule has 114 valence electrons. The molecule has 5 nitrogen and oxygen atoms in total. The Morgan fingerprint density at radius 3 is 2.81 bits per heavy atom. The van der Waals surface area contributed by atoms with Gasteiger partial charge in [-0.2, -0.15) is 0 Å². The molecule has 1 saturated heterocycles. The highest BCUT2D eigenvalue weighted by atomic mass is 19.1. The summed E-state index contributed by atoms with van der Waals surface area (Å²) in [4.78, 5) is 27.2. The summed E-state index contributed by atoms with van der Waals surface area (Å²) in [6.07, 6.45) is 0.247. The van der Waals surface area contributed by atoms with E-state index in [0.29, 0.717) is 19.6 Å². The first-order valence-electron chi connectivity index (χ1n) is 7.01. The van der Waals surface area contributed by atoms with E-state index in [4.69, 9.17) is 5.73 Å². The van der Waals surface area contributed by atoms with Crippen LogP contribution in [0, 0.1) is 5.82 Å². The minimum Gasteiger partial charge on any atom is -0.335 e. The van der Waals surface area contributed by atoms with Gasteiger partial charge in [-0.05, 0) is 24.6 Å². The second-order valence-corrected chi connectivity index (χ2v) is 5.44. The van der Waals surface area contributed by atoms with Crippen molar-refractivity contribution in [1.82, 2.24) is 9.80 Å². The van der Waals surface area contributed by atoms with Crippen LogP contribution >= 0.6 is 0 Å². The quantitative estimate of drug-likeness (QED) is 0.890. The highest BCUT2D eigenvalue weighted by Crippen LogP contribution is 2.12. The van der Waals surface area contributed by atoms with Gasteiger partial charge >= 0.3 is 0 Å². The highest BCUT2D eigenvalue weighted by Gasteiger charge is 2.27. The van der Waals surface area contributed by atoms with E-state index in [1.165, 1.54) is 17.0 Å². The van der Waals surface area contributed by atoms with Gasteiger partial charge < -0.3 is 15.5 Å². The van der Waals surface area contributed by atoms with Crippen LogP contribution in [-0.4, -0.2) is 47.3 Å². The number of nitrogens with two attached hydrogens (primary N) is 1. The molecule has 2 N–H and O–H groups in total. The molecular formula is C15H20FN3O2. The van der Waals surface area contributed by atoms with E-state index >= 15 is 0 Å². The van der Waals surface area contributed by atoms with Gasteiger partial charge in [0.05, 0.1) is 6.54 Å². The Morgan fingerprint density at radius 1 is 1.43 bits per heavy atom. The Morgan fingerprint density at radius 2 is 2.19 bits per heavy atom. The van der Waals surface area contributed by atoms with Crippen molar-refractivity contribution in [1.29, 1.82) is 0 Å². The van der Waals surface area contributed by atoms with Crippen LogP contribution in [-0.2, 0) is 16.1 Å². The third-order valence-electron chi connectivity index (χ3n) is 3.43. The molecule has 6 heteroatoms. The van der Waals surface area contributed by atoms with E-state index in [2.05, 4.69) is 0 Å². The molecule has 1 atom stereocenters. The Kier molecular flexibility index (Phi) is 4.90. The van der Waals surface area contributed by atoms with Gasteiger partial charge in [0, 0.05) is 32.1 Å². The van der Waals surface area contributed by atoms with Crippen LogP contribution in [0.3, 0.4) is 0 Å². The molecule has 0 aliphatic carbocycles. The van der Waals surface area contributed by atoms with Gasteiger partial charge in [-0.3, -0.25) is 9.59 Å². The lowest BCUT2D eigenvalue weighted by Gasteiger charge is -2.34. The first kappa shape index (κ1) is 15.4. The van der Waals surface area contributed by atoms with Crippen LogP contribution in [0.1, 0.15) is 18.9 Å². The van der Waals surface area contributed by atoms with Crippen molar-refractivity contribution in [2.75, 3.05) is 19.6 Å². The van der Waals surface area contributed by atoms with Crippen molar-refractivity contribution < 1.29 is 14.0 Å². The second kappa shape index (κ2) is 6.67. The lowest BCUT2D eigenvalue weighted by atomic mass is 10.1. The zero-order valence-corrected chi connectivity index (χ0v) is 12.1. The number of hydrogen-bond acceptors (Lipinski definition) is 3. The summed E-state index contributed by atoms with van der Waals surface area (Å²) in [5.74, 6) is -0.530. The van der Waals surface area contributed by atoms with Gasteiger partial charge in [-0.1, -0.05) is 12.1 Å². The Hall–Kier alpha value is -1.95. The zero-order chi connectivity index (χ0) is 15.4. The largest absolute Gasteiger partial charge is 0.335 e. The molecule has 2 amide bonds. The maximum absolute atomic E-state index is 13.1. The molecule has 0 bridgehead atoms. The minimum atomic E-state index is -0.314. The molecule has 1 aliphatic heterocycles. The van der Waals surface area contributed by atoms with E-state index in [9.17, 15) is 14.0 Å². The van der Waals surface area contributed by atoms with Gasteiger partial charge in [-0.15, -0.1) is 0 Å². The molecule has 0 spiro atoms. The fraction of sp³-hybridized carbons (Fsp3) is 0.467. The first-order chi connectivity index (χ1) is 9.95. The van der Waals surface area contributed by atoms with Crippen molar-refractivity contribution >= 4 is 11.8 Å². The van der Waals surface area contributed by atoms with E-state index < -0.39 is 0 Å². The maximum Gasteiger partial charge on any atom is 0.242 e. The van der Waals surface area contributed by atoms with E-state index in [0.717, 1.165) is 5.56 Å². The van der Waals surface area contributed by atoms with Gasteiger partial charge in [0.2, 0.25) is 11.8 Å². The molecule has 1 heterocycles. The fourth-order valence-electron chi connectivity index (χ4n) is 2.35. The molecule has 1 aromatic rings. The van der Waals surface area contributed by atoms with E-state index in [-0.39, 0.29) is 36.6 Å². The third kappa shape index (κ3) is 4.26.